The van der Waals surface area contributed by atoms with Crippen LogP contribution in [-0.2, 0) is 22.4 Å². The molecule has 41 heavy (non-hydrogen) atoms. The fourth-order valence-electron chi connectivity index (χ4n) is 5.48. The molecule has 0 aliphatic carbocycles. The lowest BCUT2D eigenvalue weighted by Gasteiger charge is -2.28. The Morgan fingerprint density at radius 1 is 0.902 bits per heavy atom. The van der Waals surface area contributed by atoms with Crippen LogP contribution in [-0.4, -0.2) is 66.6 Å². The van der Waals surface area contributed by atoms with Crippen LogP contribution in [0.15, 0.2) is 54.6 Å². The van der Waals surface area contributed by atoms with Gasteiger partial charge in [-0.1, -0.05) is 12.1 Å². The van der Waals surface area contributed by atoms with E-state index >= 15 is 0 Å². The average molecular weight is 562 g/mol. The van der Waals surface area contributed by atoms with Gasteiger partial charge in [0.25, 0.3) is 5.91 Å². The second-order valence-corrected chi connectivity index (χ2v) is 10.7. The Bertz CT molecular complexity index is 1510. The lowest BCUT2D eigenvalue weighted by Crippen LogP contribution is -2.35. The molecule has 0 radical (unpaired) electrons. The Morgan fingerprint density at radius 2 is 1.63 bits per heavy atom. The summed E-state index contributed by atoms with van der Waals surface area (Å²) in [6.07, 6.45) is 2.08. The summed E-state index contributed by atoms with van der Waals surface area (Å²) >= 11 is 0. The van der Waals surface area contributed by atoms with E-state index in [1.165, 1.54) is 12.1 Å². The highest BCUT2D eigenvalue weighted by Gasteiger charge is 2.21. The van der Waals surface area contributed by atoms with Crippen molar-refractivity contribution in [3.05, 3.63) is 88.5 Å². The van der Waals surface area contributed by atoms with Crippen LogP contribution in [0.25, 0.3) is 10.9 Å². The predicted octanol–water partition coefficient (Wildman–Crippen LogP) is 5.11. The molecule has 3 heterocycles. The summed E-state index contributed by atoms with van der Waals surface area (Å²) in [7, 11) is 0. The van der Waals surface area contributed by atoms with Gasteiger partial charge in [-0.3, -0.25) is 14.8 Å². The summed E-state index contributed by atoms with van der Waals surface area (Å²) in [5.74, 6) is -1.10. The van der Waals surface area contributed by atoms with Crippen molar-refractivity contribution in [3.63, 3.8) is 0 Å². The van der Waals surface area contributed by atoms with Gasteiger partial charge in [-0.2, -0.15) is 5.10 Å². The third kappa shape index (κ3) is 6.73. The molecular weight excluding hydrogens is 528 g/mol. The van der Waals surface area contributed by atoms with Crippen LogP contribution in [0.5, 0.6) is 0 Å². The third-order valence-corrected chi connectivity index (χ3v) is 7.61. The highest BCUT2D eigenvalue weighted by atomic mass is 19.1. The first kappa shape index (κ1) is 27.3. The number of H-pyrrole nitrogens is 1. The smallest absolute Gasteiger partial charge is 0.258 e. The number of hydrogen-bond donors (Lipinski definition) is 3. The molecule has 1 aromatic heterocycles. The van der Waals surface area contributed by atoms with Crippen molar-refractivity contribution in [2.24, 2.45) is 0 Å². The number of rotatable bonds is 8. The number of aromatic amines is 1. The van der Waals surface area contributed by atoms with Crippen LogP contribution in [0.2, 0.25) is 0 Å². The minimum Gasteiger partial charge on any atom is -0.381 e. The molecule has 0 unspecified atom stereocenters. The van der Waals surface area contributed by atoms with E-state index in [9.17, 15) is 13.6 Å². The van der Waals surface area contributed by atoms with E-state index in [2.05, 4.69) is 31.8 Å². The van der Waals surface area contributed by atoms with E-state index in [1.54, 1.807) is 0 Å². The Labute approximate surface area is 237 Å². The maximum absolute atomic E-state index is 13.7. The number of nitrogens with zero attached hydrogens (tertiary/aromatic N) is 2. The zero-order chi connectivity index (χ0) is 28.2. The average Bonchev–Trinajstić information content (AvgIpc) is 3.35. The number of fused-ring (bicyclic) bond motifs is 1. The van der Waals surface area contributed by atoms with Gasteiger partial charge in [0.05, 0.1) is 24.3 Å². The Kier molecular flexibility index (Phi) is 8.22. The minimum atomic E-state index is -0.613. The summed E-state index contributed by atoms with van der Waals surface area (Å²) in [6, 6.07) is 15.3. The van der Waals surface area contributed by atoms with Crippen molar-refractivity contribution in [3.8, 4) is 0 Å². The van der Waals surface area contributed by atoms with Crippen molar-refractivity contribution < 1.29 is 23.0 Å². The maximum atomic E-state index is 13.7. The number of nitrogens with one attached hydrogen (secondary N) is 3. The molecule has 10 heteroatoms. The number of aromatic nitrogens is 2. The molecule has 4 aromatic rings. The second kappa shape index (κ2) is 12.3. The molecule has 2 aliphatic heterocycles. The fourth-order valence-corrected chi connectivity index (χ4v) is 5.48. The molecule has 2 saturated heterocycles. The topological polar surface area (TPSA) is 91.5 Å². The van der Waals surface area contributed by atoms with E-state index in [0.717, 1.165) is 79.5 Å². The summed E-state index contributed by atoms with van der Waals surface area (Å²) in [6.45, 7) is 5.39. The van der Waals surface area contributed by atoms with Gasteiger partial charge in [-0.05, 0) is 72.4 Å². The first-order valence-electron chi connectivity index (χ1n) is 14.0. The molecule has 0 atom stereocenters. The maximum Gasteiger partial charge on any atom is 0.258 e. The summed E-state index contributed by atoms with van der Waals surface area (Å²) < 4.78 is 38.4. The van der Waals surface area contributed by atoms with Gasteiger partial charge in [-0.15, -0.1) is 0 Å². The quantitative estimate of drug-likeness (QED) is 0.277. The van der Waals surface area contributed by atoms with Crippen LogP contribution >= 0.6 is 0 Å². The zero-order valence-corrected chi connectivity index (χ0v) is 22.7. The Balaban J connectivity index is 1.24. The van der Waals surface area contributed by atoms with Gasteiger partial charge in [0.2, 0.25) is 0 Å². The van der Waals surface area contributed by atoms with Gasteiger partial charge >= 0.3 is 0 Å². The lowest BCUT2D eigenvalue weighted by atomic mass is 10.0. The van der Waals surface area contributed by atoms with Gasteiger partial charge in [0.15, 0.2) is 5.82 Å². The number of halogens is 2. The molecule has 6 rings (SSSR count). The molecule has 1 amide bonds. The molecule has 0 bridgehead atoms. The lowest BCUT2D eigenvalue weighted by molar-refractivity contribution is 0.0342. The van der Waals surface area contributed by atoms with Crippen molar-refractivity contribution in [2.75, 3.05) is 50.2 Å². The summed E-state index contributed by atoms with van der Waals surface area (Å²) in [5, 5.41) is 14.6. The first-order chi connectivity index (χ1) is 20.0. The van der Waals surface area contributed by atoms with E-state index in [0.29, 0.717) is 36.6 Å². The fraction of sp³-hybridized carbons (Fsp3) is 0.355. The number of hydrogen-bond acceptors (Lipinski definition) is 6. The van der Waals surface area contributed by atoms with Crippen LogP contribution in [0.1, 0.15) is 39.9 Å². The Morgan fingerprint density at radius 3 is 2.41 bits per heavy atom. The van der Waals surface area contributed by atoms with Crippen molar-refractivity contribution in [1.82, 2.24) is 15.1 Å². The van der Waals surface area contributed by atoms with Crippen LogP contribution in [0, 0.1) is 11.6 Å². The molecule has 2 aliphatic rings. The number of carbonyl (C=O) groups excluding carboxylic acids is 1. The Hall–Kier alpha value is -3.86. The third-order valence-electron chi connectivity index (χ3n) is 7.61. The molecule has 0 saturated carbocycles. The number of anilines is 2. The number of benzene rings is 3. The first-order valence-corrected chi connectivity index (χ1v) is 14.0. The van der Waals surface area contributed by atoms with Crippen molar-refractivity contribution >= 4 is 28.3 Å². The van der Waals surface area contributed by atoms with E-state index in [-0.39, 0.29) is 11.9 Å². The summed E-state index contributed by atoms with van der Waals surface area (Å²) in [5.41, 5.74) is 4.56. The number of ether oxygens (including phenoxy) is 2. The second-order valence-electron chi connectivity index (χ2n) is 10.7. The van der Waals surface area contributed by atoms with Crippen molar-refractivity contribution in [2.45, 2.75) is 31.8 Å². The largest absolute Gasteiger partial charge is 0.381 e. The monoisotopic (exact) mass is 561 g/mol. The van der Waals surface area contributed by atoms with Crippen LogP contribution in [0.3, 0.4) is 0 Å². The molecule has 214 valence electrons. The van der Waals surface area contributed by atoms with Crippen LogP contribution < -0.4 is 10.6 Å². The molecule has 3 aromatic carbocycles. The normalized spacial score (nSPS) is 16.6. The molecule has 2 fully saturated rings. The predicted molar refractivity (Wildman–Crippen MR) is 153 cm³/mol. The van der Waals surface area contributed by atoms with E-state index in [1.807, 2.05) is 30.3 Å². The van der Waals surface area contributed by atoms with Gasteiger partial charge in [-0.25, -0.2) is 8.78 Å². The highest BCUT2D eigenvalue weighted by Crippen LogP contribution is 2.27. The summed E-state index contributed by atoms with van der Waals surface area (Å²) in [4.78, 5) is 16.0. The van der Waals surface area contributed by atoms with Gasteiger partial charge in [0.1, 0.15) is 11.6 Å². The van der Waals surface area contributed by atoms with Crippen LogP contribution in [0.4, 0.5) is 20.3 Å². The molecule has 8 nitrogen and oxygen atoms in total. The number of morpholine rings is 1. The van der Waals surface area contributed by atoms with Crippen molar-refractivity contribution in [1.29, 1.82) is 0 Å². The molecule has 3 N–H and O–H groups in total. The standard InChI is InChI=1S/C31H33F2N5O3/c32-23-14-22(15-24(33)18-23)13-20-2-4-28-27(16-20)30(37-36-28)35-31(39)26-3-1-21(19-38-7-11-41-12-8-38)17-29(26)34-25-5-9-40-10-6-25/h1-4,14-18,25,34H,5-13,19H2,(H2,35,36,37,39). The van der Waals surface area contributed by atoms with Gasteiger partial charge in [0, 0.05) is 56.0 Å². The van der Waals surface area contributed by atoms with Gasteiger partial charge < -0.3 is 20.1 Å². The molecular formula is C31H33F2N5O3. The highest BCUT2D eigenvalue weighted by molar-refractivity contribution is 6.10. The van der Waals surface area contributed by atoms with E-state index < -0.39 is 11.6 Å². The molecule has 0 spiro atoms. The minimum absolute atomic E-state index is 0.218. The van der Waals surface area contributed by atoms with E-state index in [4.69, 9.17) is 9.47 Å². The number of carbonyl (C=O) groups is 1. The SMILES string of the molecule is O=C(Nc1n[nH]c2ccc(Cc3cc(F)cc(F)c3)cc12)c1ccc(CN2CCOCC2)cc1NC1CCOCC1. The zero-order valence-electron chi connectivity index (χ0n) is 22.7. The number of amides is 1.